The van der Waals surface area contributed by atoms with Crippen LogP contribution >= 0.6 is 0 Å². The van der Waals surface area contributed by atoms with Gasteiger partial charge in [-0.3, -0.25) is 0 Å². The van der Waals surface area contributed by atoms with Crippen LogP contribution < -0.4 is 4.46 Å². The maximum absolute atomic E-state index is 6.26. The Balaban J connectivity index is 1.14. The van der Waals surface area contributed by atoms with Gasteiger partial charge >= 0.3 is 276 Å². The molecule has 0 bridgehead atoms. The molecule has 5 heteroatoms. The molecule has 0 saturated heterocycles. The average molecular weight is 757 g/mol. The molecule has 0 aliphatic rings. The third kappa shape index (κ3) is 5.59. The monoisotopic (exact) mass is 757 g/mol. The molecular formula is C49H31N3OSe. The Morgan fingerprint density at radius 2 is 0.852 bits per heavy atom. The maximum atomic E-state index is 6.26. The van der Waals surface area contributed by atoms with E-state index in [1.54, 1.807) is 0 Å². The number of para-hydroxylation sites is 1. The predicted octanol–water partition coefficient (Wildman–Crippen LogP) is 11.5. The first kappa shape index (κ1) is 32.0. The van der Waals surface area contributed by atoms with E-state index in [0.717, 1.165) is 55.0 Å². The molecule has 10 aromatic rings. The number of furan rings is 1. The molecule has 54 heavy (non-hydrogen) atoms. The fourth-order valence-corrected chi connectivity index (χ4v) is 8.35. The van der Waals surface area contributed by atoms with Crippen LogP contribution in [0.15, 0.2) is 186 Å². The van der Waals surface area contributed by atoms with Crippen molar-refractivity contribution in [2.24, 2.45) is 0 Å². The van der Waals surface area contributed by atoms with E-state index in [-0.39, 0.29) is 0 Å². The van der Waals surface area contributed by atoms with Crippen LogP contribution in [0.1, 0.15) is 0 Å². The summed E-state index contributed by atoms with van der Waals surface area (Å²) < 4.78 is 7.43. The van der Waals surface area contributed by atoms with E-state index in [1.165, 1.54) is 32.3 Å². The second kappa shape index (κ2) is 13.4. The van der Waals surface area contributed by atoms with Crippen LogP contribution in [0.2, 0.25) is 0 Å². The van der Waals surface area contributed by atoms with E-state index in [1.807, 2.05) is 60.7 Å². The SMILES string of the molecule is [SeH]c1c(-c2cccc(-c3ccccc3)c2)cccc1-c1ccc(-c2nc(-c3ccccc3)nc(-c3cccc4oc5ccccc5c34)n2)c2ccccc12. The second-order valence-corrected chi connectivity index (χ2v) is 14.2. The first-order valence-corrected chi connectivity index (χ1v) is 18.9. The Hall–Kier alpha value is -6.65. The molecule has 8 aromatic carbocycles. The molecule has 2 heterocycles. The van der Waals surface area contributed by atoms with Crippen LogP contribution in [0.3, 0.4) is 0 Å². The second-order valence-electron chi connectivity index (χ2n) is 13.3. The van der Waals surface area contributed by atoms with Crippen LogP contribution in [-0.2, 0) is 0 Å². The zero-order chi connectivity index (χ0) is 36.0. The van der Waals surface area contributed by atoms with Crippen molar-refractivity contribution in [2.45, 2.75) is 0 Å². The Kier molecular flexibility index (Phi) is 7.95. The van der Waals surface area contributed by atoms with Gasteiger partial charge in [0.1, 0.15) is 5.58 Å². The molecule has 0 atom stereocenters. The molecule has 0 aliphatic carbocycles. The van der Waals surface area contributed by atoms with Crippen molar-refractivity contribution in [3.8, 4) is 67.5 Å². The summed E-state index contributed by atoms with van der Waals surface area (Å²) in [6.45, 7) is 0. The summed E-state index contributed by atoms with van der Waals surface area (Å²) >= 11 is 2.84. The molecule has 0 unspecified atom stereocenters. The number of hydrogen-bond acceptors (Lipinski definition) is 4. The molecule has 4 nitrogen and oxygen atoms in total. The molecule has 0 aliphatic heterocycles. The minimum atomic E-state index is 0.600. The van der Waals surface area contributed by atoms with Crippen LogP contribution in [0.5, 0.6) is 0 Å². The van der Waals surface area contributed by atoms with Crippen molar-refractivity contribution in [1.29, 1.82) is 0 Å². The van der Waals surface area contributed by atoms with Gasteiger partial charge in [0.15, 0.2) is 0 Å². The molecule has 0 radical (unpaired) electrons. The van der Waals surface area contributed by atoms with Gasteiger partial charge in [-0.2, -0.15) is 0 Å². The summed E-state index contributed by atoms with van der Waals surface area (Å²) in [6, 6.07) is 63.1. The summed E-state index contributed by atoms with van der Waals surface area (Å²) in [4.78, 5) is 15.5. The molecule has 0 spiro atoms. The van der Waals surface area contributed by atoms with Crippen LogP contribution in [-0.4, -0.2) is 31.0 Å². The third-order valence-corrected chi connectivity index (χ3v) is 11.1. The van der Waals surface area contributed by atoms with E-state index in [9.17, 15) is 0 Å². The number of aromatic nitrogens is 3. The summed E-state index contributed by atoms with van der Waals surface area (Å²) in [6.07, 6.45) is 0. The number of benzene rings is 8. The number of hydrogen-bond donors (Lipinski definition) is 0. The molecule has 0 N–H and O–H groups in total. The molecule has 254 valence electrons. The van der Waals surface area contributed by atoms with Gasteiger partial charge < -0.3 is 4.42 Å². The fourth-order valence-electron chi connectivity index (χ4n) is 7.51. The average Bonchev–Trinajstić information content (AvgIpc) is 3.63. The van der Waals surface area contributed by atoms with Gasteiger partial charge in [-0.25, -0.2) is 0 Å². The van der Waals surface area contributed by atoms with Gasteiger partial charge in [0.25, 0.3) is 0 Å². The summed E-state index contributed by atoms with van der Waals surface area (Å²) in [5.41, 5.74) is 11.5. The Morgan fingerprint density at radius 3 is 1.65 bits per heavy atom. The molecular weight excluding hydrogens is 726 g/mol. The van der Waals surface area contributed by atoms with E-state index in [4.69, 9.17) is 19.4 Å². The van der Waals surface area contributed by atoms with Crippen LogP contribution in [0, 0.1) is 0 Å². The van der Waals surface area contributed by atoms with Crippen molar-refractivity contribution >= 4 is 53.2 Å². The summed E-state index contributed by atoms with van der Waals surface area (Å²) in [5.74, 6) is 1.83. The van der Waals surface area contributed by atoms with Gasteiger partial charge in [0, 0.05) is 0 Å². The number of nitrogens with zero attached hydrogens (tertiary/aromatic N) is 3. The van der Waals surface area contributed by atoms with E-state index in [0.29, 0.717) is 17.5 Å². The fraction of sp³-hybridized carbons (Fsp3) is 0. The molecule has 0 amide bonds. The zero-order valence-corrected chi connectivity index (χ0v) is 30.9. The Bertz CT molecular complexity index is 3010. The molecule has 0 saturated carbocycles. The molecule has 10 rings (SSSR count). The van der Waals surface area contributed by atoms with Gasteiger partial charge in [-0.15, -0.1) is 0 Å². The Labute approximate surface area is 320 Å². The van der Waals surface area contributed by atoms with E-state index in [2.05, 4.69) is 137 Å². The number of fused-ring (bicyclic) bond motifs is 4. The van der Waals surface area contributed by atoms with Gasteiger partial charge in [0.2, 0.25) is 0 Å². The number of rotatable bonds is 6. The third-order valence-electron chi connectivity index (χ3n) is 10.1. The topological polar surface area (TPSA) is 51.8 Å². The Morgan fingerprint density at radius 1 is 0.333 bits per heavy atom. The zero-order valence-electron chi connectivity index (χ0n) is 29.0. The van der Waals surface area contributed by atoms with Crippen molar-refractivity contribution in [3.63, 3.8) is 0 Å². The first-order chi connectivity index (χ1) is 26.7. The molecule has 0 fully saturated rings. The van der Waals surface area contributed by atoms with Gasteiger partial charge in [-0.1, -0.05) is 24.3 Å². The standard InChI is InChI=1S/C49H31N3OSe/c54-46-35(34-19-11-18-33(30-34)31-14-3-1-4-15-31)23-12-24-39(46)38-28-29-40(37-21-8-7-20-36(37)38)48-50-47(32-16-5-2-6-17-32)51-49(52-48)42-25-13-27-44-45(42)41-22-9-10-26-43(41)53-44/h1-30,54H. The predicted molar refractivity (Wildman–Crippen MR) is 224 cm³/mol. The van der Waals surface area contributed by atoms with Crippen molar-refractivity contribution < 1.29 is 4.42 Å². The van der Waals surface area contributed by atoms with Crippen LogP contribution in [0.4, 0.5) is 0 Å². The van der Waals surface area contributed by atoms with Crippen molar-refractivity contribution in [3.05, 3.63) is 182 Å². The first-order valence-electron chi connectivity index (χ1n) is 17.9. The quantitative estimate of drug-likeness (QED) is 0.159. The summed E-state index contributed by atoms with van der Waals surface area (Å²) in [7, 11) is 0. The van der Waals surface area contributed by atoms with E-state index < -0.39 is 0 Å². The van der Waals surface area contributed by atoms with Crippen molar-refractivity contribution in [2.75, 3.05) is 0 Å². The van der Waals surface area contributed by atoms with E-state index >= 15 is 0 Å². The van der Waals surface area contributed by atoms with Crippen LogP contribution in [0.25, 0.3) is 100 Å². The molecule has 2 aromatic heterocycles. The van der Waals surface area contributed by atoms with Crippen molar-refractivity contribution in [1.82, 2.24) is 15.0 Å². The normalized spacial score (nSPS) is 11.4. The summed E-state index contributed by atoms with van der Waals surface area (Å²) in [5, 5.41) is 4.22. The minimum absolute atomic E-state index is 0.600. The van der Waals surface area contributed by atoms with Gasteiger partial charge in [-0.05, 0) is 12.1 Å². The van der Waals surface area contributed by atoms with Gasteiger partial charge in [0.05, 0.1) is 0 Å².